The van der Waals surface area contributed by atoms with E-state index in [9.17, 15) is 0 Å². The van der Waals surface area contributed by atoms with Crippen LogP contribution < -0.4 is 5.32 Å². The van der Waals surface area contributed by atoms with Crippen molar-refractivity contribution in [2.45, 2.75) is 26.3 Å². The van der Waals surface area contributed by atoms with Crippen LogP contribution in [0.25, 0.3) is 0 Å². The minimum absolute atomic E-state index is 0.591. The first-order valence-electron chi connectivity index (χ1n) is 4.15. The summed E-state index contributed by atoms with van der Waals surface area (Å²) in [7, 11) is 0. The summed E-state index contributed by atoms with van der Waals surface area (Å²) in [5.41, 5.74) is 0. The average Bonchev–Trinajstić information content (AvgIpc) is 2.35. The van der Waals surface area contributed by atoms with Gasteiger partial charge < -0.3 is 5.32 Å². The first kappa shape index (κ1) is 10.2. The van der Waals surface area contributed by atoms with Crippen LogP contribution >= 0.6 is 27.3 Å². The molecule has 0 saturated heterocycles. The zero-order chi connectivity index (χ0) is 8.97. The third kappa shape index (κ3) is 3.70. The number of nitrogens with one attached hydrogen (secondary N) is 1. The van der Waals surface area contributed by atoms with Crippen molar-refractivity contribution in [2.75, 3.05) is 6.54 Å². The van der Waals surface area contributed by atoms with Crippen LogP contribution in [0.1, 0.15) is 18.7 Å². The predicted molar refractivity (Wildman–Crippen MR) is 58.9 cm³/mol. The van der Waals surface area contributed by atoms with Gasteiger partial charge in [-0.15, -0.1) is 11.3 Å². The molecule has 1 aromatic heterocycles. The molecule has 0 unspecified atom stereocenters. The van der Waals surface area contributed by atoms with Gasteiger partial charge in [-0.2, -0.15) is 0 Å². The molecule has 68 valence electrons. The van der Waals surface area contributed by atoms with Gasteiger partial charge in [0.2, 0.25) is 0 Å². The lowest BCUT2D eigenvalue weighted by atomic mass is 10.3. The van der Waals surface area contributed by atoms with E-state index in [0.29, 0.717) is 6.04 Å². The summed E-state index contributed by atoms with van der Waals surface area (Å²) in [6.07, 6.45) is 1.13. The highest BCUT2D eigenvalue weighted by atomic mass is 79.9. The summed E-state index contributed by atoms with van der Waals surface area (Å²) in [5.74, 6) is 0. The van der Waals surface area contributed by atoms with E-state index in [2.05, 4.69) is 46.5 Å². The molecule has 0 aromatic carbocycles. The Morgan fingerprint density at radius 1 is 1.58 bits per heavy atom. The Balaban J connectivity index is 2.24. The van der Waals surface area contributed by atoms with Gasteiger partial charge in [0, 0.05) is 27.3 Å². The first-order valence-corrected chi connectivity index (χ1v) is 5.82. The van der Waals surface area contributed by atoms with Gasteiger partial charge in [-0.1, -0.05) is 13.8 Å². The monoisotopic (exact) mass is 247 g/mol. The molecule has 1 N–H and O–H groups in total. The number of thiophene rings is 1. The third-order valence-corrected chi connectivity index (χ3v) is 3.30. The molecule has 0 radical (unpaired) electrons. The van der Waals surface area contributed by atoms with Crippen LogP contribution in [0.2, 0.25) is 0 Å². The van der Waals surface area contributed by atoms with E-state index in [1.807, 2.05) is 11.3 Å². The summed E-state index contributed by atoms with van der Waals surface area (Å²) in [6, 6.07) is 2.78. The second kappa shape index (κ2) is 5.00. The van der Waals surface area contributed by atoms with Gasteiger partial charge in [-0.05, 0) is 28.4 Å². The molecule has 0 saturated carbocycles. The fraction of sp³-hybridized carbons (Fsp3) is 0.556. The molecular formula is C9H14BrNS. The van der Waals surface area contributed by atoms with Gasteiger partial charge in [0.25, 0.3) is 0 Å². The van der Waals surface area contributed by atoms with Crippen molar-refractivity contribution in [3.63, 3.8) is 0 Å². The zero-order valence-corrected chi connectivity index (χ0v) is 9.83. The smallest absolute Gasteiger partial charge is 0.0285 e. The highest BCUT2D eigenvalue weighted by Gasteiger charge is 1.97. The second-order valence-electron chi connectivity index (χ2n) is 3.09. The molecule has 0 amide bonds. The summed E-state index contributed by atoms with van der Waals surface area (Å²) >= 11 is 5.26. The SMILES string of the molecule is CC(C)NCCc1cc(Br)cs1. The van der Waals surface area contributed by atoms with E-state index in [-0.39, 0.29) is 0 Å². The van der Waals surface area contributed by atoms with Gasteiger partial charge >= 0.3 is 0 Å². The van der Waals surface area contributed by atoms with Gasteiger partial charge in [0.15, 0.2) is 0 Å². The lowest BCUT2D eigenvalue weighted by Crippen LogP contribution is -2.24. The molecule has 0 spiro atoms. The topological polar surface area (TPSA) is 12.0 Å². The molecule has 0 aliphatic carbocycles. The van der Waals surface area contributed by atoms with E-state index in [0.717, 1.165) is 13.0 Å². The quantitative estimate of drug-likeness (QED) is 0.863. The largest absolute Gasteiger partial charge is 0.314 e. The molecule has 0 bridgehead atoms. The molecule has 1 heterocycles. The second-order valence-corrected chi connectivity index (χ2v) is 5.00. The van der Waals surface area contributed by atoms with Crippen LogP contribution in [-0.4, -0.2) is 12.6 Å². The van der Waals surface area contributed by atoms with Gasteiger partial charge in [-0.3, -0.25) is 0 Å². The highest BCUT2D eigenvalue weighted by Crippen LogP contribution is 2.19. The van der Waals surface area contributed by atoms with E-state index >= 15 is 0 Å². The van der Waals surface area contributed by atoms with Crippen LogP contribution in [0.15, 0.2) is 15.9 Å². The van der Waals surface area contributed by atoms with Gasteiger partial charge in [-0.25, -0.2) is 0 Å². The minimum atomic E-state index is 0.591. The van der Waals surface area contributed by atoms with E-state index in [1.54, 1.807) is 0 Å². The summed E-state index contributed by atoms with van der Waals surface area (Å²) in [4.78, 5) is 1.44. The number of hydrogen-bond acceptors (Lipinski definition) is 2. The molecule has 0 atom stereocenters. The van der Waals surface area contributed by atoms with Crippen LogP contribution in [0, 0.1) is 0 Å². The standard InChI is InChI=1S/C9H14BrNS/c1-7(2)11-4-3-9-5-8(10)6-12-9/h5-7,11H,3-4H2,1-2H3. The Labute approximate surface area is 86.3 Å². The van der Waals surface area contributed by atoms with Gasteiger partial charge in [0.1, 0.15) is 0 Å². The number of hydrogen-bond donors (Lipinski definition) is 1. The summed E-state index contributed by atoms with van der Waals surface area (Å²) in [6.45, 7) is 5.42. The molecule has 1 nitrogen and oxygen atoms in total. The Kier molecular flexibility index (Phi) is 4.26. The maximum Gasteiger partial charge on any atom is 0.0285 e. The van der Waals surface area contributed by atoms with Crippen LogP contribution in [0.5, 0.6) is 0 Å². The van der Waals surface area contributed by atoms with Crippen molar-refractivity contribution in [1.82, 2.24) is 5.32 Å². The third-order valence-electron chi connectivity index (χ3n) is 1.55. The van der Waals surface area contributed by atoms with E-state index < -0.39 is 0 Å². The molecule has 1 aromatic rings. The molecular weight excluding hydrogens is 234 g/mol. The fourth-order valence-corrected chi connectivity index (χ4v) is 2.42. The van der Waals surface area contributed by atoms with E-state index in [4.69, 9.17) is 0 Å². The van der Waals surface area contributed by atoms with Crippen molar-refractivity contribution in [3.8, 4) is 0 Å². The normalized spacial score (nSPS) is 11.0. The molecule has 0 fully saturated rings. The minimum Gasteiger partial charge on any atom is -0.314 e. The zero-order valence-electron chi connectivity index (χ0n) is 7.43. The molecule has 0 aliphatic heterocycles. The van der Waals surface area contributed by atoms with Crippen LogP contribution in [-0.2, 0) is 6.42 Å². The van der Waals surface area contributed by atoms with Crippen molar-refractivity contribution < 1.29 is 0 Å². The van der Waals surface area contributed by atoms with Crippen molar-refractivity contribution in [2.24, 2.45) is 0 Å². The average molecular weight is 248 g/mol. The van der Waals surface area contributed by atoms with Crippen molar-refractivity contribution in [1.29, 1.82) is 0 Å². The van der Waals surface area contributed by atoms with Crippen molar-refractivity contribution >= 4 is 27.3 Å². The Bertz CT molecular complexity index is 232. The van der Waals surface area contributed by atoms with Crippen LogP contribution in [0.4, 0.5) is 0 Å². The maximum atomic E-state index is 3.44. The lowest BCUT2D eigenvalue weighted by molar-refractivity contribution is 0.592. The van der Waals surface area contributed by atoms with Gasteiger partial charge in [0.05, 0.1) is 0 Å². The molecule has 0 aliphatic rings. The molecule has 1 rings (SSSR count). The summed E-state index contributed by atoms with van der Waals surface area (Å²) < 4.78 is 1.20. The molecule has 3 heteroatoms. The Morgan fingerprint density at radius 2 is 2.33 bits per heavy atom. The highest BCUT2D eigenvalue weighted by molar-refractivity contribution is 9.10. The van der Waals surface area contributed by atoms with Crippen LogP contribution in [0.3, 0.4) is 0 Å². The first-order chi connectivity index (χ1) is 5.68. The predicted octanol–water partition coefficient (Wildman–Crippen LogP) is 3.05. The number of rotatable bonds is 4. The Morgan fingerprint density at radius 3 is 2.83 bits per heavy atom. The summed E-state index contributed by atoms with van der Waals surface area (Å²) in [5, 5.41) is 5.52. The van der Waals surface area contributed by atoms with Crippen molar-refractivity contribution in [3.05, 3.63) is 20.8 Å². The lowest BCUT2D eigenvalue weighted by Gasteiger charge is -2.05. The molecule has 12 heavy (non-hydrogen) atoms. The fourth-order valence-electron chi connectivity index (χ4n) is 0.969. The Hall–Kier alpha value is 0.140. The number of halogens is 1. The van der Waals surface area contributed by atoms with E-state index in [1.165, 1.54) is 9.35 Å². The maximum absolute atomic E-state index is 3.44.